The van der Waals surface area contributed by atoms with Crippen molar-refractivity contribution in [3.63, 3.8) is 0 Å². The van der Waals surface area contributed by atoms with Crippen LogP contribution in [0.2, 0.25) is 5.02 Å². The van der Waals surface area contributed by atoms with Crippen molar-refractivity contribution in [1.82, 2.24) is 10.6 Å². The standard InChI is InChI=1S/C12H16ClN3O/c13-10-2-4-11(5-3-10)17-9-8-16-12-14-6-1-7-15-12/h2-5H,1,6-9H2,(H2,14,15,16). The molecule has 0 fully saturated rings. The molecule has 2 rings (SSSR count). The quantitative estimate of drug-likeness (QED) is 0.803. The van der Waals surface area contributed by atoms with Gasteiger partial charge in [0.25, 0.3) is 0 Å². The fraction of sp³-hybridized carbons (Fsp3) is 0.417. The second-order valence-electron chi connectivity index (χ2n) is 3.74. The lowest BCUT2D eigenvalue weighted by molar-refractivity contribution is 0.321. The van der Waals surface area contributed by atoms with Gasteiger partial charge in [0.1, 0.15) is 12.4 Å². The molecule has 0 spiro atoms. The van der Waals surface area contributed by atoms with E-state index >= 15 is 0 Å². The van der Waals surface area contributed by atoms with E-state index in [4.69, 9.17) is 16.3 Å². The normalized spacial score (nSPS) is 14.8. The van der Waals surface area contributed by atoms with Gasteiger partial charge in [-0.3, -0.25) is 4.99 Å². The highest BCUT2D eigenvalue weighted by molar-refractivity contribution is 6.30. The summed E-state index contributed by atoms with van der Waals surface area (Å²) in [5.74, 6) is 1.70. The molecule has 1 aromatic rings. The Balaban J connectivity index is 1.66. The Morgan fingerprint density at radius 2 is 2.18 bits per heavy atom. The van der Waals surface area contributed by atoms with Crippen LogP contribution in [0.3, 0.4) is 0 Å². The van der Waals surface area contributed by atoms with Gasteiger partial charge in [-0.25, -0.2) is 0 Å². The van der Waals surface area contributed by atoms with Crippen LogP contribution in [0, 0.1) is 0 Å². The van der Waals surface area contributed by atoms with E-state index in [0.29, 0.717) is 6.61 Å². The molecule has 2 N–H and O–H groups in total. The minimum atomic E-state index is 0.600. The van der Waals surface area contributed by atoms with E-state index in [0.717, 1.165) is 42.8 Å². The molecule has 92 valence electrons. The van der Waals surface area contributed by atoms with Crippen molar-refractivity contribution >= 4 is 17.6 Å². The predicted molar refractivity (Wildman–Crippen MR) is 69.9 cm³/mol. The topological polar surface area (TPSA) is 45.6 Å². The number of nitrogens with one attached hydrogen (secondary N) is 2. The Kier molecular flexibility index (Phi) is 4.50. The van der Waals surface area contributed by atoms with Gasteiger partial charge in [0.05, 0.1) is 6.54 Å². The summed E-state index contributed by atoms with van der Waals surface area (Å²) in [6, 6.07) is 7.35. The number of halogens is 1. The lowest BCUT2D eigenvalue weighted by atomic mass is 10.3. The first-order chi connectivity index (χ1) is 8.34. The molecule has 4 nitrogen and oxygen atoms in total. The molecule has 0 amide bonds. The van der Waals surface area contributed by atoms with Crippen LogP contribution in [0.5, 0.6) is 5.75 Å². The van der Waals surface area contributed by atoms with Gasteiger partial charge >= 0.3 is 0 Å². The van der Waals surface area contributed by atoms with Crippen LogP contribution in [0.15, 0.2) is 29.3 Å². The number of aliphatic imine (C=N–C) groups is 1. The SMILES string of the molecule is Clc1ccc(OCCNC2=NCCCN2)cc1. The van der Waals surface area contributed by atoms with E-state index in [-0.39, 0.29) is 0 Å². The van der Waals surface area contributed by atoms with Crippen molar-refractivity contribution in [3.8, 4) is 5.75 Å². The minimum absolute atomic E-state index is 0.600. The van der Waals surface area contributed by atoms with Gasteiger partial charge in [-0.05, 0) is 30.7 Å². The van der Waals surface area contributed by atoms with Gasteiger partial charge < -0.3 is 15.4 Å². The molecule has 5 heteroatoms. The first-order valence-electron chi connectivity index (χ1n) is 5.75. The summed E-state index contributed by atoms with van der Waals surface area (Å²) in [7, 11) is 0. The third kappa shape index (κ3) is 4.15. The van der Waals surface area contributed by atoms with Crippen LogP contribution in [-0.4, -0.2) is 32.2 Å². The molecule has 0 aromatic heterocycles. The van der Waals surface area contributed by atoms with Crippen LogP contribution in [0.25, 0.3) is 0 Å². The molecule has 0 aliphatic carbocycles. The van der Waals surface area contributed by atoms with Crippen LogP contribution >= 0.6 is 11.6 Å². The van der Waals surface area contributed by atoms with Crippen molar-refractivity contribution in [1.29, 1.82) is 0 Å². The molecule has 1 aliphatic heterocycles. The smallest absolute Gasteiger partial charge is 0.191 e. The average Bonchev–Trinajstić information content (AvgIpc) is 2.38. The molecule has 1 aliphatic rings. The van der Waals surface area contributed by atoms with Crippen LogP contribution in [0.1, 0.15) is 6.42 Å². The maximum Gasteiger partial charge on any atom is 0.191 e. The molecular formula is C12H16ClN3O. The molecular weight excluding hydrogens is 238 g/mol. The highest BCUT2D eigenvalue weighted by Crippen LogP contribution is 2.14. The fourth-order valence-electron chi connectivity index (χ4n) is 1.52. The van der Waals surface area contributed by atoms with E-state index in [9.17, 15) is 0 Å². The van der Waals surface area contributed by atoms with Crippen molar-refractivity contribution in [3.05, 3.63) is 29.3 Å². The maximum absolute atomic E-state index is 5.78. The van der Waals surface area contributed by atoms with Gasteiger partial charge in [0.2, 0.25) is 0 Å². The van der Waals surface area contributed by atoms with Crippen LogP contribution in [-0.2, 0) is 0 Å². The molecule has 0 atom stereocenters. The number of guanidine groups is 1. The molecule has 0 unspecified atom stereocenters. The molecule has 0 radical (unpaired) electrons. The number of ether oxygens (including phenoxy) is 1. The highest BCUT2D eigenvalue weighted by atomic mass is 35.5. The summed E-state index contributed by atoms with van der Waals surface area (Å²) >= 11 is 5.78. The maximum atomic E-state index is 5.78. The van der Waals surface area contributed by atoms with Crippen LogP contribution in [0.4, 0.5) is 0 Å². The molecule has 0 saturated carbocycles. The summed E-state index contributed by atoms with van der Waals surface area (Å²) < 4.78 is 5.55. The number of hydrogen-bond acceptors (Lipinski definition) is 4. The van der Waals surface area contributed by atoms with E-state index in [1.54, 1.807) is 0 Å². The van der Waals surface area contributed by atoms with E-state index in [1.807, 2.05) is 24.3 Å². The Bertz CT molecular complexity index is 378. The van der Waals surface area contributed by atoms with E-state index in [2.05, 4.69) is 15.6 Å². The second-order valence-corrected chi connectivity index (χ2v) is 4.18. The monoisotopic (exact) mass is 253 g/mol. The predicted octanol–water partition coefficient (Wildman–Crippen LogP) is 1.66. The van der Waals surface area contributed by atoms with Gasteiger partial charge in [-0.2, -0.15) is 0 Å². The third-order valence-corrected chi connectivity index (χ3v) is 2.63. The third-order valence-electron chi connectivity index (χ3n) is 2.37. The van der Waals surface area contributed by atoms with E-state index in [1.165, 1.54) is 0 Å². The minimum Gasteiger partial charge on any atom is -0.492 e. The summed E-state index contributed by atoms with van der Waals surface area (Å²) in [6.45, 7) is 3.22. The summed E-state index contributed by atoms with van der Waals surface area (Å²) in [4.78, 5) is 4.31. The zero-order valence-electron chi connectivity index (χ0n) is 9.58. The van der Waals surface area contributed by atoms with Gasteiger partial charge in [-0.15, -0.1) is 0 Å². The first kappa shape index (κ1) is 12.0. The average molecular weight is 254 g/mol. The number of benzene rings is 1. The van der Waals surface area contributed by atoms with Crippen molar-refractivity contribution in [2.75, 3.05) is 26.2 Å². The van der Waals surface area contributed by atoms with Gasteiger partial charge in [0.15, 0.2) is 5.96 Å². The first-order valence-corrected chi connectivity index (χ1v) is 6.13. The van der Waals surface area contributed by atoms with Crippen molar-refractivity contribution in [2.45, 2.75) is 6.42 Å². The summed E-state index contributed by atoms with van der Waals surface area (Å²) in [5, 5.41) is 7.10. The molecule has 17 heavy (non-hydrogen) atoms. The lowest BCUT2D eigenvalue weighted by Gasteiger charge is -2.16. The van der Waals surface area contributed by atoms with Gasteiger partial charge in [0, 0.05) is 18.1 Å². The Morgan fingerprint density at radius 3 is 2.88 bits per heavy atom. The second kappa shape index (κ2) is 6.35. The summed E-state index contributed by atoms with van der Waals surface area (Å²) in [6.07, 6.45) is 1.10. The Hall–Kier alpha value is -1.42. The van der Waals surface area contributed by atoms with E-state index < -0.39 is 0 Å². The fourth-order valence-corrected chi connectivity index (χ4v) is 1.65. The van der Waals surface area contributed by atoms with Gasteiger partial charge in [-0.1, -0.05) is 11.6 Å². The largest absolute Gasteiger partial charge is 0.492 e. The summed E-state index contributed by atoms with van der Waals surface area (Å²) in [5.41, 5.74) is 0. The lowest BCUT2D eigenvalue weighted by Crippen LogP contribution is -2.42. The molecule has 0 saturated heterocycles. The highest BCUT2D eigenvalue weighted by Gasteiger charge is 2.02. The Morgan fingerprint density at radius 1 is 1.35 bits per heavy atom. The zero-order chi connectivity index (χ0) is 11.9. The number of hydrogen-bond donors (Lipinski definition) is 2. The zero-order valence-corrected chi connectivity index (χ0v) is 10.3. The van der Waals surface area contributed by atoms with Crippen LogP contribution < -0.4 is 15.4 Å². The number of rotatable bonds is 4. The van der Waals surface area contributed by atoms with Crippen molar-refractivity contribution in [2.24, 2.45) is 4.99 Å². The van der Waals surface area contributed by atoms with Crippen molar-refractivity contribution < 1.29 is 4.74 Å². The number of nitrogens with zero attached hydrogens (tertiary/aromatic N) is 1. The Labute approximate surface area is 106 Å². The molecule has 1 heterocycles. The molecule has 1 aromatic carbocycles. The molecule has 0 bridgehead atoms.